The van der Waals surface area contributed by atoms with Crippen LogP contribution in [0, 0.1) is 0 Å². The van der Waals surface area contributed by atoms with Gasteiger partial charge in [-0.25, -0.2) is 5.10 Å². The Morgan fingerprint density at radius 3 is 2.80 bits per heavy atom. The van der Waals surface area contributed by atoms with Crippen molar-refractivity contribution in [2.24, 2.45) is 0 Å². The zero-order valence-corrected chi connectivity index (χ0v) is 8.02. The Labute approximate surface area is 84.8 Å². The largest absolute Gasteiger partial charge is 0.368 e. The Balaban J connectivity index is 2.08. The van der Waals surface area contributed by atoms with Gasteiger partial charge in [0.2, 0.25) is 17.8 Å². The molecular formula is C7H10N6O2. The number of anilines is 2. The Bertz CT molecular complexity index is 413. The molecule has 0 radical (unpaired) electrons. The number of rotatable bonds is 2. The van der Waals surface area contributed by atoms with Crippen LogP contribution < -0.4 is 11.1 Å². The number of nitrogens with one attached hydrogen (secondary N) is 2. The van der Waals surface area contributed by atoms with Crippen molar-refractivity contribution in [1.29, 1.82) is 0 Å². The molecule has 2 heterocycles. The minimum absolute atomic E-state index is 0.115. The molecule has 8 nitrogen and oxygen atoms in total. The van der Waals surface area contributed by atoms with Crippen LogP contribution in [0.15, 0.2) is 0 Å². The maximum absolute atomic E-state index is 11.5. The van der Waals surface area contributed by atoms with E-state index < -0.39 is 6.04 Å². The van der Waals surface area contributed by atoms with E-state index in [1.54, 1.807) is 0 Å². The SMILES string of the molecule is CN1C(=O)CC(Nc2n[nH]c(N)n2)C1=O. The van der Waals surface area contributed by atoms with E-state index in [1.807, 2.05) is 0 Å². The van der Waals surface area contributed by atoms with E-state index in [0.717, 1.165) is 4.90 Å². The Morgan fingerprint density at radius 2 is 2.33 bits per heavy atom. The number of likely N-dealkylation sites (tertiary alicyclic amines) is 1. The summed E-state index contributed by atoms with van der Waals surface area (Å²) in [5, 5.41) is 8.86. The fraction of sp³-hybridized carbons (Fsp3) is 0.429. The summed E-state index contributed by atoms with van der Waals surface area (Å²) in [7, 11) is 1.44. The minimum Gasteiger partial charge on any atom is -0.368 e. The molecule has 80 valence electrons. The van der Waals surface area contributed by atoms with Crippen LogP contribution in [0.1, 0.15) is 6.42 Å². The molecule has 1 aromatic heterocycles. The Kier molecular flexibility index (Phi) is 2.03. The second-order valence-electron chi connectivity index (χ2n) is 3.24. The molecule has 2 rings (SSSR count). The standard InChI is InChI=1S/C7H10N6O2/c1-13-4(14)2-3(5(13)15)9-7-10-6(8)11-12-7/h3H,2H2,1H3,(H4,8,9,10,11,12). The molecule has 0 aromatic carbocycles. The molecule has 0 spiro atoms. The van der Waals surface area contributed by atoms with Gasteiger partial charge in [-0.05, 0) is 0 Å². The number of nitrogen functional groups attached to an aromatic ring is 1. The first-order valence-corrected chi connectivity index (χ1v) is 4.32. The number of carbonyl (C=O) groups excluding carboxylic acids is 2. The molecule has 2 amide bonds. The number of carbonyl (C=O) groups is 2. The van der Waals surface area contributed by atoms with Gasteiger partial charge < -0.3 is 11.1 Å². The van der Waals surface area contributed by atoms with Crippen molar-refractivity contribution >= 4 is 23.7 Å². The van der Waals surface area contributed by atoms with E-state index >= 15 is 0 Å². The Hall–Kier alpha value is -2.12. The van der Waals surface area contributed by atoms with E-state index in [-0.39, 0.29) is 30.1 Å². The Morgan fingerprint density at radius 1 is 1.60 bits per heavy atom. The molecule has 0 aliphatic carbocycles. The highest BCUT2D eigenvalue weighted by Crippen LogP contribution is 2.14. The van der Waals surface area contributed by atoms with Crippen LogP contribution in [-0.4, -0.2) is 45.0 Å². The molecule has 1 aromatic rings. The van der Waals surface area contributed by atoms with Crippen LogP contribution in [-0.2, 0) is 9.59 Å². The van der Waals surface area contributed by atoms with E-state index in [4.69, 9.17) is 5.73 Å². The van der Waals surface area contributed by atoms with Crippen molar-refractivity contribution in [2.45, 2.75) is 12.5 Å². The first-order valence-electron chi connectivity index (χ1n) is 4.32. The molecule has 0 bridgehead atoms. The quantitative estimate of drug-likeness (QED) is 0.514. The summed E-state index contributed by atoms with van der Waals surface area (Å²) in [5.74, 6) is -0.138. The normalized spacial score (nSPS) is 21.1. The van der Waals surface area contributed by atoms with Gasteiger partial charge in [0.15, 0.2) is 0 Å². The zero-order valence-electron chi connectivity index (χ0n) is 8.02. The van der Waals surface area contributed by atoms with Crippen LogP contribution in [0.2, 0.25) is 0 Å². The lowest BCUT2D eigenvalue weighted by Crippen LogP contribution is -2.32. The number of hydrogen-bond acceptors (Lipinski definition) is 6. The van der Waals surface area contributed by atoms with Gasteiger partial charge in [0.05, 0.1) is 6.42 Å². The van der Waals surface area contributed by atoms with E-state index in [1.165, 1.54) is 7.05 Å². The number of hydrogen-bond donors (Lipinski definition) is 3. The third-order valence-corrected chi connectivity index (χ3v) is 2.19. The van der Waals surface area contributed by atoms with Crippen molar-refractivity contribution in [2.75, 3.05) is 18.1 Å². The summed E-state index contributed by atoms with van der Waals surface area (Å²) >= 11 is 0. The first kappa shape index (κ1) is 9.44. The van der Waals surface area contributed by atoms with E-state index in [9.17, 15) is 9.59 Å². The summed E-state index contributed by atoms with van der Waals surface area (Å²) in [6.07, 6.45) is 0.115. The van der Waals surface area contributed by atoms with Crippen LogP contribution in [0.4, 0.5) is 11.9 Å². The fourth-order valence-electron chi connectivity index (χ4n) is 1.36. The highest BCUT2D eigenvalue weighted by Gasteiger charge is 2.36. The van der Waals surface area contributed by atoms with Crippen molar-refractivity contribution in [1.82, 2.24) is 20.1 Å². The molecule has 1 aliphatic rings. The predicted molar refractivity (Wildman–Crippen MR) is 50.6 cm³/mol. The minimum atomic E-state index is -0.599. The monoisotopic (exact) mass is 210 g/mol. The first-order chi connectivity index (χ1) is 7.08. The fourth-order valence-corrected chi connectivity index (χ4v) is 1.36. The number of likely N-dealkylation sites (N-methyl/N-ethyl adjacent to an activating group) is 1. The van der Waals surface area contributed by atoms with Crippen LogP contribution in [0.5, 0.6) is 0 Å². The van der Waals surface area contributed by atoms with Gasteiger partial charge in [-0.3, -0.25) is 14.5 Å². The second kappa shape index (κ2) is 3.23. The number of H-pyrrole nitrogens is 1. The summed E-state index contributed by atoms with van der Waals surface area (Å²) in [5.41, 5.74) is 5.31. The average Bonchev–Trinajstić information content (AvgIpc) is 2.68. The van der Waals surface area contributed by atoms with Gasteiger partial charge in [-0.1, -0.05) is 0 Å². The predicted octanol–water partition coefficient (Wildman–Crippen LogP) is -1.44. The highest BCUT2D eigenvalue weighted by molar-refractivity contribution is 6.06. The number of aromatic amines is 1. The number of imide groups is 1. The zero-order chi connectivity index (χ0) is 11.0. The number of nitrogens with two attached hydrogens (primary N) is 1. The molecule has 0 saturated carbocycles. The van der Waals surface area contributed by atoms with E-state index in [2.05, 4.69) is 20.5 Å². The van der Waals surface area contributed by atoms with Gasteiger partial charge in [-0.15, -0.1) is 5.10 Å². The van der Waals surface area contributed by atoms with Crippen molar-refractivity contribution in [3.63, 3.8) is 0 Å². The molecule has 1 unspecified atom stereocenters. The maximum Gasteiger partial charge on any atom is 0.252 e. The second-order valence-corrected chi connectivity index (χ2v) is 3.24. The topological polar surface area (TPSA) is 117 Å². The average molecular weight is 210 g/mol. The van der Waals surface area contributed by atoms with Gasteiger partial charge in [-0.2, -0.15) is 4.98 Å². The van der Waals surface area contributed by atoms with Gasteiger partial charge >= 0.3 is 0 Å². The smallest absolute Gasteiger partial charge is 0.252 e. The lowest BCUT2D eigenvalue weighted by atomic mass is 10.2. The molecule has 8 heteroatoms. The molecule has 1 atom stereocenters. The molecular weight excluding hydrogens is 200 g/mol. The van der Waals surface area contributed by atoms with Crippen LogP contribution >= 0.6 is 0 Å². The number of amides is 2. The molecule has 1 fully saturated rings. The van der Waals surface area contributed by atoms with Gasteiger partial charge in [0.25, 0.3) is 5.91 Å². The molecule has 1 saturated heterocycles. The number of aromatic nitrogens is 3. The van der Waals surface area contributed by atoms with Gasteiger partial charge in [0, 0.05) is 7.05 Å². The summed E-state index contributed by atoms with van der Waals surface area (Å²) in [4.78, 5) is 27.5. The van der Waals surface area contributed by atoms with Crippen LogP contribution in [0.3, 0.4) is 0 Å². The summed E-state index contributed by atoms with van der Waals surface area (Å²) in [6.45, 7) is 0. The lowest BCUT2D eigenvalue weighted by Gasteiger charge is -2.08. The highest BCUT2D eigenvalue weighted by atomic mass is 16.2. The molecule has 4 N–H and O–H groups in total. The summed E-state index contributed by atoms with van der Waals surface area (Å²) in [6, 6.07) is -0.599. The lowest BCUT2D eigenvalue weighted by molar-refractivity contribution is -0.136. The molecule has 1 aliphatic heterocycles. The molecule has 15 heavy (non-hydrogen) atoms. The van der Waals surface area contributed by atoms with E-state index in [0.29, 0.717) is 0 Å². The van der Waals surface area contributed by atoms with Crippen molar-refractivity contribution < 1.29 is 9.59 Å². The van der Waals surface area contributed by atoms with Crippen molar-refractivity contribution in [3.05, 3.63) is 0 Å². The third-order valence-electron chi connectivity index (χ3n) is 2.19. The van der Waals surface area contributed by atoms with Crippen LogP contribution in [0.25, 0.3) is 0 Å². The van der Waals surface area contributed by atoms with Crippen molar-refractivity contribution in [3.8, 4) is 0 Å². The maximum atomic E-state index is 11.5. The number of nitrogens with zero attached hydrogens (tertiary/aromatic N) is 3. The van der Waals surface area contributed by atoms with Gasteiger partial charge in [0.1, 0.15) is 6.04 Å². The summed E-state index contributed by atoms with van der Waals surface area (Å²) < 4.78 is 0. The third kappa shape index (κ3) is 1.60.